The van der Waals surface area contributed by atoms with Crippen LogP contribution in [-0.4, -0.2) is 58.8 Å². The van der Waals surface area contributed by atoms with Gasteiger partial charge in [-0.15, -0.1) is 0 Å². The number of rotatable bonds is 12. The monoisotopic (exact) mass is 769 g/mol. The maximum atomic E-state index is 14.4. The average molecular weight is 770 g/mol. The zero-order valence-corrected chi connectivity index (χ0v) is 33.3. The number of aliphatic imine (C=N–C) groups is 2. The number of allylic oxidation sites excluding steroid dienone is 2. The number of amides is 2. The molecular formula is C47H52FN5O4. The van der Waals surface area contributed by atoms with E-state index in [2.05, 4.69) is 58.8 Å². The number of fused-ring (bicyclic) bond motifs is 2. The Labute approximate surface area is 334 Å². The number of halogens is 1. The zero-order valence-electron chi connectivity index (χ0n) is 33.3. The highest BCUT2D eigenvalue weighted by Gasteiger charge is 2.53. The van der Waals surface area contributed by atoms with Gasteiger partial charge in [0, 0.05) is 66.8 Å². The first-order chi connectivity index (χ1) is 27.6. The second-order valence-corrected chi connectivity index (χ2v) is 16.9. The van der Waals surface area contributed by atoms with Crippen molar-refractivity contribution in [2.24, 2.45) is 45.5 Å². The molecule has 296 valence electrons. The van der Waals surface area contributed by atoms with Crippen LogP contribution in [0.4, 0.5) is 4.39 Å². The predicted molar refractivity (Wildman–Crippen MR) is 220 cm³/mol. The first-order valence-electron chi connectivity index (χ1n) is 20.6. The molecule has 2 bridgehead atoms. The van der Waals surface area contributed by atoms with Crippen LogP contribution >= 0.6 is 0 Å². The smallest absolute Gasteiger partial charge is 0.306 e. The van der Waals surface area contributed by atoms with E-state index in [-0.39, 0.29) is 48.0 Å². The summed E-state index contributed by atoms with van der Waals surface area (Å²) in [6, 6.07) is 20.1. The summed E-state index contributed by atoms with van der Waals surface area (Å²) in [4.78, 5) is 54.9. The molecule has 2 amide bonds. The van der Waals surface area contributed by atoms with Gasteiger partial charge in [-0.2, -0.15) is 4.39 Å². The normalized spacial score (nSPS) is 24.9. The molecule has 57 heavy (non-hydrogen) atoms. The quantitative estimate of drug-likeness (QED) is 0.146. The van der Waals surface area contributed by atoms with Gasteiger partial charge in [0.25, 0.3) is 0 Å². The van der Waals surface area contributed by atoms with Gasteiger partial charge in [0.15, 0.2) is 0 Å². The summed E-state index contributed by atoms with van der Waals surface area (Å²) in [6.07, 6.45) is 11.9. The minimum Gasteiger partial charge on any atom is -0.469 e. The Balaban J connectivity index is 0.868. The first kappa shape index (κ1) is 38.6. The molecule has 0 unspecified atom stereocenters. The molecule has 3 aromatic rings. The Bertz CT molecular complexity index is 2160. The first-order valence-corrected chi connectivity index (χ1v) is 20.6. The number of hydrogen-bond donors (Lipinski definition) is 1. The van der Waals surface area contributed by atoms with Crippen molar-refractivity contribution in [2.45, 2.75) is 84.2 Å². The van der Waals surface area contributed by atoms with Crippen molar-refractivity contribution in [3.05, 3.63) is 102 Å². The third-order valence-electron chi connectivity index (χ3n) is 13.2. The summed E-state index contributed by atoms with van der Waals surface area (Å²) in [7, 11) is 1.37. The number of carbonyl (C=O) groups is 3. The molecule has 2 aromatic carbocycles. The Morgan fingerprint density at radius 2 is 1.46 bits per heavy atom. The maximum absolute atomic E-state index is 14.4. The van der Waals surface area contributed by atoms with E-state index in [1.54, 1.807) is 12.1 Å². The molecule has 0 radical (unpaired) electrons. The summed E-state index contributed by atoms with van der Waals surface area (Å²) in [5, 5.41) is 3.11. The zero-order chi connectivity index (χ0) is 39.8. The third kappa shape index (κ3) is 7.75. The van der Waals surface area contributed by atoms with E-state index in [4.69, 9.17) is 14.7 Å². The van der Waals surface area contributed by atoms with Crippen LogP contribution in [0.15, 0.2) is 89.2 Å². The van der Waals surface area contributed by atoms with Crippen LogP contribution in [0, 0.1) is 41.5 Å². The lowest BCUT2D eigenvalue weighted by Gasteiger charge is -2.31. The van der Waals surface area contributed by atoms with Gasteiger partial charge in [-0.25, -0.2) is 4.98 Å². The molecule has 2 aliphatic carbocycles. The fraction of sp³-hybridized carbons (Fsp3) is 0.447. The molecule has 7 atom stereocenters. The molecule has 1 aromatic heterocycles. The Morgan fingerprint density at radius 3 is 2.09 bits per heavy atom. The highest BCUT2D eigenvalue weighted by atomic mass is 19.1. The molecule has 10 heteroatoms. The summed E-state index contributed by atoms with van der Waals surface area (Å²) in [5.74, 6) is -0.524. The summed E-state index contributed by atoms with van der Waals surface area (Å²) < 4.78 is 19.3. The van der Waals surface area contributed by atoms with Crippen molar-refractivity contribution in [1.82, 2.24) is 15.2 Å². The van der Waals surface area contributed by atoms with Crippen molar-refractivity contribution >= 4 is 40.4 Å². The molecule has 1 N–H and O–H groups in total. The number of nitrogens with zero attached hydrogens (tertiary/aromatic N) is 4. The van der Waals surface area contributed by atoms with Crippen LogP contribution in [0.2, 0.25) is 0 Å². The fourth-order valence-electron chi connectivity index (χ4n) is 10.1. The summed E-state index contributed by atoms with van der Waals surface area (Å²) in [6.45, 7) is 6.46. The predicted octanol–water partition coefficient (Wildman–Crippen LogP) is 8.62. The molecule has 1 saturated heterocycles. The van der Waals surface area contributed by atoms with Crippen LogP contribution < -0.4 is 5.32 Å². The van der Waals surface area contributed by atoms with Crippen LogP contribution in [0.1, 0.15) is 94.9 Å². The van der Waals surface area contributed by atoms with Crippen molar-refractivity contribution in [2.75, 3.05) is 13.7 Å². The van der Waals surface area contributed by atoms with Gasteiger partial charge >= 0.3 is 5.97 Å². The van der Waals surface area contributed by atoms with Gasteiger partial charge in [-0.3, -0.25) is 24.4 Å². The van der Waals surface area contributed by atoms with Gasteiger partial charge in [0.2, 0.25) is 17.8 Å². The lowest BCUT2D eigenvalue weighted by atomic mass is 9.74. The number of esters is 1. The van der Waals surface area contributed by atoms with Crippen molar-refractivity contribution in [3.63, 3.8) is 0 Å². The number of aromatic nitrogens is 1. The van der Waals surface area contributed by atoms with E-state index in [1.165, 1.54) is 13.3 Å². The molecule has 3 fully saturated rings. The minimum absolute atomic E-state index is 0.00697. The molecule has 9 nitrogen and oxygen atoms in total. The maximum Gasteiger partial charge on any atom is 0.306 e. The van der Waals surface area contributed by atoms with Crippen LogP contribution in [0.25, 0.3) is 22.3 Å². The van der Waals surface area contributed by atoms with E-state index in [0.29, 0.717) is 30.4 Å². The summed E-state index contributed by atoms with van der Waals surface area (Å²) in [5.41, 5.74) is 9.29. The number of ether oxygens (including phenoxy) is 1. The molecule has 0 spiro atoms. The van der Waals surface area contributed by atoms with E-state index in [9.17, 15) is 18.8 Å². The number of pyridine rings is 1. The standard InChI is InChI=1S/C47H52FN5O4/c1-27(2)38(24-42(54)57-4)47(56)53-20-6-8-41(53)39-22-35(25-50-39)31-13-9-29(10-14-31)30-11-15-32(16-12-30)36-23-40(51-26-36)43-33-17-18-34(21-33)44(43)46(55)52-28(3)37-7-5-19-49-45(37)48/h5,7,9-16,19,25-28,33-34,38,41,43-44H,6,8,17-18,20-24H2,1-4H3,(H,52,55)/t28-,33-,34+,38-,41-,43-,44+/m0/s1. The number of likely N-dealkylation sites (tertiary alicyclic amines) is 1. The number of methoxy groups -OCH3 is 1. The highest BCUT2D eigenvalue weighted by Crippen LogP contribution is 2.54. The minimum atomic E-state index is -0.545. The highest BCUT2D eigenvalue weighted by molar-refractivity contribution is 6.04. The Morgan fingerprint density at radius 1 is 0.842 bits per heavy atom. The number of benzene rings is 2. The van der Waals surface area contributed by atoms with Crippen molar-refractivity contribution in [1.29, 1.82) is 0 Å². The SMILES string of the molecule is COC(=O)C[C@H](C(=O)N1CCC[C@H]1C1=NC=C(c2ccc(-c3ccc(C4=CN=C([C@@H]5[C@H]6CC[C@H](C6)[C@H]5C(=O)N[C@@H](C)c5cccnc5F)C4)cc3)cc2)C1)C(C)C. The fourth-order valence-corrected chi connectivity index (χ4v) is 10.1. The Kier molecular flexibility index (Phi) is 11.1. The molecular weight excluding hydrogens is 718 g/mol. The average Bonchev–Trinajstić information content (AvgIpc) is 4.08. The largest absolute Gasteiger partial charge is 0.469 e. The van der Waals surface area contributed by atoms with Gasteiger partial charge < -0.3 is 15.0 Å². The lowest BCUT2D eigenvalue weighted by Crippen LogP contribution is -2.45. The van der Waals surface area contributed by atoms with Gasteiger partial charge in [-0.05, 0) is 96.2 Å². The van der Waals surface area contributed by atoms with E-state index in [0.717, 1.165) is 83.3 Å². The van der Waals surface area contributed by atoms with Gasteiger partial charge in [-0.1, -0.05) is 68.4 Å². The van der Waals surface area contributed by atoms with Gasteiger partial charge in [0.1, 0.15) is 0 Å². The van der Waals surface area contributed by atoms with Gasteiger partial charge in [0.05, 0.1) is 31.5 Å². The lowest BCUT2D eigenvalue weighted by molar-refractivity contribution is -0.148. The van der Waals surface area contributed by atoms with Crippen LogP contribution in [-0.2, 0) is 19.1 Å². The van der Waals surface area contributed by atoms with E-state index >= 15 is 0 Å². The second-order valence-electron chi connectivity index (χ2n) is 16.9. The topological polar surface area (TPSA) is 113 Å². The van der Waals surface area contributed by atoms with Crippen LogP contribution in [0.5, 0.6) is 0 Å². The molecule has 4 heterocycles. The van der Waals surface area contributed by atoms with E-state index in [1.807, 2.05) is 38.1 Å². The molecule has 8 rings (SSSR count). The van der Waals surface area contributed by atoms with E-state index < -0.39 is 17.9 Å². The number of carbonyl (C=O) groups excluding carboxylic acids is 3. The number of hydrogen-bond acceptors (Lipinski definition) is 7. The summed E-state index contributed by atoms with van der Waals surface area (Å²) >= 11 is 0. The Hall–Kier alpha value is -5.25. The third-order valence-corrected chi connectivity index (χ3v) is 13.2. The number of nitrogens with one attached hydrogen (secondary N) is 1. The van der Waals surface area contributed by atoms with Crippen LogP contribution in [0.3, 0.4) is 0 Å². The van der Waals surface area contributed by atoms with Crippen molar-refractivity contribution < 1.29 is 23.5 Å². The second kappa shape index (κ2) is 16.3. The molecule has 2 saturated carbocycles. The molecule has 5 aliphatic rings. The molecule has 3 aliphatic heterocycles. The van der Waals surface area contributed by atoms with Crippen molar-refractivity contribution in [3.8, 4) is 11.1 Å².